The summed E-state index contributed by atoms with van der Waals surface area (Å²) < 4.78 is 25.9. The molecule has 2 heterocycles. The Kier molecular flexibility index (Phi) is 2.85. The third-order valence-corrected chi connectivity index (χ3v) is 3.84. The van der Waals surface area contributed by atoms with Gasteiger partial charge in [-0.25, -0.2) is 0 Å². The van der Waals surface area contributed by atoms with Crippen molar-refractivity contribution >= 4 is 26.5 Å². The Morgan fingerprint density at radius 3 is 3.00 bits per heavy atom. The van der Waals surface area contributed by atoms with Crippen molar-refractivity contribution in [2.75, 3.05) is 4.72 Å². The standard InChI is InChI=1S/C6H8N6O2S2/c7-1-4-2-8-10-5(4)16(13,14)12-6-11-9-3-15-6/h2-3H,1,7H2,(H,8,10)(H,11,12). The van der Waals surface area contributed by atoms with Crippen LogP contribution in [-0.2, 0) is 16.6 Å². The lowest BCUT2D eigenvalue weighted by molar-refractivity contribution is 0.595. The molecule has 8 nitrogen and oxygen atoms in total. The van der Waals surface area contributed by atoms with Crippen molar-refractivity contribution in [2.45, 2.75) is 11.6 Å². The number of nitrogens with two attached hydrogens (primary N) is 1. The number of nitrogens with zero attached hydrogens (tertiary/aromatic N) is 3. The Balaban J connectivity index is 2.33. The monoisotopic (exact) mass is 260 g/mol. The summed E-state index contributed by atoms with van der Waals surface area (Å²) in [5.41, 5.74) is 7.23. The maximum Gasteiger partial charge on any atom is 0.280 e. The highest BCUT2D eigenvalue weighted by Crippen LogP contribution is 2.17. The summed E-state index contributed by atoms with van der Waals surface area (Å²) >= 11 is 1.08. The number of aromatic amines is 1. The molecule has 2 aromatic heterocycles. The minimum Gasteiger partial charge on any atom is -0.326 e. The molecule has 0 amide bonds. The van der Waals surface area contributed by atoms with E-state index in [1.165, 1.54) is 11.7 Å². The van der Waals surface area contributed by atoms with Crippen molar-refractivity contribution in [1.82, 2.24) is 20.4 Å². The highest BCUT2D eigenvalue weighted by atomic mass is 32.2. The maximum atomic E-state index is 11.8. The Morgan fingerprint density at radius 1 is 1.56 bits per heavy atom. The molecule has 0 unspecified atom stereocenters. The fourth-order valence-electron chi connectivity index (χ4n) is 1.06. The van der Waals surface area contributed by atoms with Crippen LogP contribution in [0.5, 0.6) is 0 Å². The second kappa shape index (κ2) is 4.15. The van der Waals surface area contributed by atoms with Crippen LogP contribution < -0.4 is 10.5 Å². The molecule has 86 valence electrons. The van der Waals surface area contributed by atoms with Gasteiger partial charge in [-0.05, 0) is 0 Å². The summed E-state index contributed by atoms with van der Waals surface area (Å²) in [7, 11) is -3.72. The average molecular weight is 260 g/mol. The number of anilines is 1. The van der Waals surface area contributed by atoms with Crippen molar-refractivity contribution < 1.29 is 8.42 Å². The van der Waals surface area contributed by atoms with Crippen molar-refractivity contribution in [1.29, 1.82) is 0 Å². The first kappa shape index (κ1) is 11.0. The van der Waals surface area contributed by atoms with E-state index in [0.717, 1.165) is 11.3 Å². The van der Waals surface area contributed by atoms with Crippen LogP contribution in [0.4, 0.5) is 5.13 Å². The van der Waals surface area contributed by atoms with E-state index in [-0.39, 0.29) is 16.7 Å². The van der Waals surface area contributed by atoms with Gasteiger partial charge in [-0.1, -0.05) is 11.3 Å². The van der Waals surface area contributed by atoms with Crippen LogP contribution in [0.2, 0.25) is 0 Å². The zero-order valence-electron chi connectivity index (χ0n) is 7.91. The van der Waals surface area contributed by atoms with Crippen LogP contribution in [0.1, 0.15) is 5.56 Å². The molecular formula is C6H8N6O2S2. The van der Waals surface area contributed by atoms with E-state index in [9.17, 15) is 8.42 Å². The van der Waals surface area contributed by atoms with Gasteiger partial charge >= 0.3 is 0 Å². The van der Waals surface area contributed by atoms with Crippen molar-refractivity contribution in [2.24, 2.45) is 5.73 Å². The Morgan fingerprint density at radius 2 is 2.38 bits per heavy atom. The van der Waals surface area contributed by atoms with Crippen LogP contribution >= 0.6 is 11.3 Å². The highest BCUT2D eigenvalue weighted by Gasteiger charge is 2.21. The third-order valence-electron chi connectivity index (χ3n) is 1.75. The molecule has 0 aliphatic heterocycles. The molecule has 4 N–H and O–H groups in total. The number of hydrogen-bond donors (Lipinski definition) is 3. The largest absolute Gasteiger partial charge is 0.326 e. The van der Waals surface area contributed by atoms with Gasteiger partial charge in [0.05, 0.1) is 6.20 Å². The van der Waals surface area contributed by atoms with Gasteiger partial charge in [0.15, 0.2) is 5.03 Å². The van der Waals surface area contributed by atoms with Crippen LogP contribution in [0.15, 0.2) is 16.7 Å². The molecule has 0 saturated carbocycles. The first-order valence-corrected chi connectivity index (χ1v) is 6.51. The van der Waals surface area contributed by atoms with E-state index in [1.54, 1.807) is 0 Å². The normalized spacial score (nSPS) is 11.6. The topological polar surface area (TPSA) is 127 Å². The van der Waals surface area contributed by atoms with Gasteiger partial charge in [0.2, 0.25) is 5.13 Å². The first-order valence-electron chi connectivity index (χ1n) is 4.15. The van der Waals surface area contributed by atoms with Gasteiger partial charge < -0.3 is 5.73 Å². The molecule has 2 aromatic rings. The predicted octanol–water partition coefficient (Wildman–Crippen LogP) is -0.479. The molecule has 0 aliphatic carbocycles. The van der Waals surface area contributed by atoms with Crippen LogP contribution in [0, 0.1) is 0 Å². The molecule has 0 saturated heterocycles. The van der Waals surface area contributed by atoms with E-state index in [0.29, 0.717) is 5.56 Å². The molecular weight excluding hydrogens is 252 g/mol. The lowest BCUT2D eigenvalue weighted by atomic mass is 10.4. The summed E-state index contributed by atoms with van der Waals surface area (Å²) in [6.45, 7) is 0.0862. The number of hydrogen-bond acceptors (Lipinski definition) is 7. The number of H-pyrrole nitrogens is 1. The van der Waals surface area contributed by atoms with Gasteiger partial charge in [-0.3, -0.25) is 9.82 Å². The molecule has 2 rings (SSSR count). The van der Waals surface area contributed by atoms with Crippen molar-refractivity contribution in [3.8, 4) is 0 Å². The molecule has 0 aliphatic rings. The minimum atomic E-state index is -3.72. The average Bonchev–Trinajstić information content (AvgIpc) is 2.85. The van der Waals surface area contributed by atoms with E-state index in [2.05, 4.69) is 25.1 Å². The van der Waals surface area contributed by atoms with Gasteiger partial charge in [-0.2, -0.15) is 13.5 Å². The molecule has 10 heteroatoms. The second-order valence-electron chi connectivity index (χ2n) is 2.78. The number of sulfonamides is 1. The van der Waals surface area contributed by atoms with Crippen LogP contribution in [0.3, 0.4) is 0 Å². The smallest absolute Gasteiger partial charge is 0.280 e. The zero-order chi connectivity index (χ0) is 11.6. The first-order chi connectivity index (χ1) is 7.63. The summed E-state index contributed by atoms with van der Waals surface area (Å²) in [6.07, 6.45) is 1.37. The summed E-state index contributed by atoms with van der Waals surface area (Å²) in [6, 6.07) is 0. The molecule has 0 atom stereocenters. The van der Waals surface area contributed by atoms with E-state index < -0.39 is 10.0 Å². The molecule has 0 aromatic carbocycles. The third kappa shape index (κ3) is 2.03. The second-order valence-corrected chi connectivity index (χ2v) is 5.23. The Bertz CT molecular complexity index is 560. The Labute approximate surface area is 94.9 Å². The zero-order valence-corrected chi connectivity index (χ0v) is 9.55. The SMILES string of the molecule is NCc1cn[nH]c1S(=O)(=O)Nc1nncs1. The molecule has 0 radical (unpaired) electrons. The van der Waals surface area contributed by atoms with E-state index in [4.69, 9.17) is 5.73 Å². The number of rotatable bonds is 4. The minimum absolute atomic E-state index is 0.0507. The highest BCUT2D eigenvalue weighted by molar-refractivity contribution is 7.92. The van der Waals surface area contributed by atoms with Gasteiger partial charge in [-0.15, -0.1) is 10.2 Å². The van der Waals surface area contributed by atoms with E-state index in [1.807, 2.05) is 0 Å². The fraction of sp³-hybridized carbons (Fsp3) is 0.167. The lowest BCUT2D eigenvalue weighted by Crippen LogP contribution is -2.16. The predicted molar refractivity (Wildman–Crippen MR) is 57.2 cm³/mol. The summed E-state index contributed by atoms with van der Waals surface area (Å²) in [5, 5.41) is 13.3. The van der Waals surface area contributed by atoms with Crippen molar-refractivity contribution in [3.05, 3.63) is 17.3 Å². The number of aromatic nitrogens is 4. The summed E-state index contributed by atoms with van der Waals surface area (Å²) in [4.78, 5) is 0. The van der Waals surface area contributed by atoms with Gasteiger partial charge in [0, 0.05) is 12.1 Å². The molecule has 0 bridgehead atoms. The maximum absolute atomic E-state index is 11.8. The van der Waals surface area contributed by atoms with Crippen LogP contribution in [0.25, 0.3) is 0 Å². The molecule has 16 heavy (non-hydrogen) atoms. The van der Waals surface area contributed by atoms with E-state index >= 15 is 0 Å². The Hall–Kier alpha value is -1.52. The quantitative estimate of drug-likeness (QED) is 0.681. The molecule has 0 spiro atoms. The van der Waals surface area contributed by atoms with Gasteiger partial charge in [0.25, 0.3) is 10.0 Å². The number of nitrogens with one attached hydrogen (secondary N) is 2. The molecule has 0 fully saturated rings. The fourth-order valence-corrected chi connectivity index (χ4v) is 2.90. The van der Waals surface area contributed by atoms with Crippen LogP contribution in [-0.4, -0.2) is 28.8 Å². The summed E-state index contributed by atoms with van der Waals surface area (Å²) in [5.74, 6) is 0. The lowest BCUT2D eigenvalue weighted by Gasteiger charge is -2.03. The van der Waals surface area contributed by atoms with Crippen molar-refractivity contribution in [3.63, 3.8) is 0 Å². The van der Waals surface area contributed by atoms with Gasteiger partial charge in [0.1, 0.15) is 5.51 Å².